The number of anilines is 1. The van der Waals surface area contributed by atoms with Gasteiger partial charge in [-0.15, -0.1) is 0 Å². The van der Waals surface area contributed by atoms with Gasteiger partial charge in [-0.2, -0.15) is 0 Å². The molecule has 26 heavy (non-hydrogen) atoms. The SMILES string of the molecule is O=C(NCc1cn2cc(Cl)ccc2n1)N1CCN(c2ncccn2)CC1. The molecular weight excluding hydrogens is 354 g/mol. The number of urea groups is 1. The molecule has 1 aliphatic heterocycles. The number of fused-ring (bicyclic) bond motifs is 1. The van der Waals surface area contributed by atoms with Crippen LogP contribution in [0.4, 0.5) is 10.7 Å². The fourth-order valence-corrected chi connectivity index (χ4v) is 3.11. The second-order valence-corrected chi connectivity index (χ2v) is 6.46. The molecule has 0 unspecified atom stereocenters. The molecular formula is C17H18ClN7O. The highest BCUT2D eigenvalue weighted by Gasteiger charge is 2.22. The molecule has 0 aromatic carbocycles. The standard InChI is InChI=1S/C17H18ClN7O/c18-13-2-3-15-22-14(12-25(15)11-13)10-21-17(26)24-8-6-23(7-9-24)16-19-4-1-5-20-16/h1-5,11-12H,6-10H2,(H,21,26). The van der Waals surface area contributed by atoms with Crippen molar-refractivity contribution >= 4 is 29.2 Å². The predicted octanol–water partition coefficient (Wildman–Crippen LogP) is 1.81. The van der Waals surface area contributed by atoms with Crippen LogP contribution < -0.4 is 10.2 Å². The number of carbonyl (C=O) groups excluding carboxylic acids is 1. The third-order valence-electron chi connectivity index (χ3n) is 4.29. The lowest BCUT2D eigenvalue weighted by Crippen LogP contribution is -2.52. The van der Waals surface area contributed by atoms with Gasteiger partial charge in [-0.1, -0.05) is 11.6 Å². The molecule has 1 fully saturated rings. The van der Waals surface area contributed by atoms with Crippen molar-refractivity contribution in [1.29, 1.82) is 0 Å². The van der Waals surface area contributed by atoms with Crippen LogP contribution in [-0.2, 0) is 6.54 Å². The maximum Gasteiger partial charge on any atom is 0.317 e. The first kappa shape index (κ1) is 16.6. The van der Waals surface area contributed by atoms with E-state index in [4.69, 9.17) is 11.6 Å². The van der Waals surface area contributed by atoms with Crippen LogP contribution >= 0.6 is 11.6 Å². The largest absolute Gasteiger partial charge is 0.337 e. The molecule has 0 atom stereocenters. The highest BCUT2D eigenvalue weighted by atomic mass is 35.5. The van der Waals surface area contributed by atoms with Gasteiger partial charge < -0.3 is 19.5 Å². The number of hydrogen-bond donors (Lipinski definition) is 1. The number of amides is 2. The van der Waals surface area contributed by atoms with Gasteiger partial charge in [-0.3, -0.25) is 0 Å². The Kier molecular flexibility index (Phi) is 4.57. The molecule has 1 N–H and O–H groups in total. The van der Waals surface area contributed by atoms with Gasteiger partial charge in [0.1, 0.15) is 5.65 Å². The molecule has 0 radical (unpaired) electrons. The van der Waals surface area contributed by atoms with Crippen molar-refractivity contribution in [3.8, 4) is 0 Å². The maximum atomic E-state index is 12.4. The number of nitrogens with one attached hydrogen (secondary N) is 1. The summed E-state index contributed by atoms with van der Waals surface area (Å²) in [5.41, 5.74) is 1.59. The number of rotatable bonds is 3. The van der Waals surface area contributed by atoms with Crippen LogP contribution in [0.15, 0.2) is 43.0 Å². The number of piperazine rings is 1. The zero-order valence-electron chi connectivity index (χ0n) is 14.0. The fourth-order valence-electron chi connectivity index (χ4n) is 2.94. The molecule has 2 amide bonds. The first-order valence-corrected chi connectivity index (χ1v) is 8.75. The minimum absolute atomic E-state index is 0.0891. The Hall–Kier alpha value is -2.87. The molecule has 3 aromatic heterocycles. The summed E-state index contributed by atoms with van der Waals surface area (Å²) in [5, 5.41) is 3.57. The summed E-state index contributed by atoms with van der Waals surface area (Å²) >= 11 is 5.98. The van der Waals surface area contributed by atoms with E-state index < -0.39 is 0 Å². The van der Waals surface area contributed by atoms with E-state index in [2.05, 4.69) is 25.2 Å². The highest BCUT2D eigenvalue weighted by Crippen LogP contribution is 2.12. The third-order valence-corrected chi connectivity index (χ3v) is 4.51. The number of pyridine rings is 1. The molecule has 1 saturated heterocycles. The fraction of sp³-hybridized carbons (Fsp3) is 0.294. The average Bonchev–Trinajstić information content (AvgIpc) is 3.09. The minimum Gasteiger partial charge on any atom is -0.337 e. The molecule has 1 aliphatic rings. The van der Waals surface area contributed by atoms with E-state index in [9.17, 15) is 4.79 Å². The van der Waals surface area contributed by atoms with Gasteiger partial charge >= 0.3 is 6.03 Å². The Bertz CT molecular complexity index is 906. The Morgan fingerprint density at radius 3 is 2.65 bits per heavy atom. The lowest BCUT2D eigenvalue weighted by molar-refractivity contribution is 0.193. The van der Waals surface area contributed by atoms with E-state index in [-0.39, 0.29) is 6.03 Å². The molecule has 0 bridgehead atoms. The van der Waals surface area contributed by atoms with Crippen LogP contribution in [0.5, 0.6) is 0 Å². The molecule has 4 rings (SSSR count). The quantitative estimate of drug-likeness (QED) is 0.759. The van der Waals surface area contributed by atoms with Crippen molar-refractivity contribution in [3.63, 3.8) is 0 Å². The van der Waals surface area contributed by atoms with Crippen molar-refractivity contribution in [2.45, 2.75) is 6.54 Å². The van der Waals surface area contributed by atoms with Gasteiger partial charge in [0.05, 0.1) is 17.3 Å². The van der Waals surface area contributed by atoms with E-state index in [1.807, 2.05) is 16.7 Å². The van der Waals surface area contributed by atoms with Crippen LogP contribution in [-0.4, -0.2) is 56.5 Å². The predicted molar refractivity (Wildman–Crippen MR) is 98.3 cm³/mol. The van der Waals surface area contributed by atoms with Crippen LogP contribution in [0.1, 0.15) is 5.69 Å². The Morgan fingerprint density at radius 1 is 1.12 bits per heavy atom. The van der Waals surface area contributed by atoms with E-state index in [0.29, 0.717) is 43.7 Å². The van der Waals surface area contributed by atoms with E-state index in [0.717, 1.165) is 11.3 Å². The zero-order valence-corrected chi connectivity index (χ0v) is 14.8. The Morgan fingerprint density at radius 2 is 1.88 bits per heavy atom. The molecule has 3 aromatic rings. The number of carbonyl (C=O) groups is 1. The monoisotopic (exact) mass is 371 g/mol. The maximum absolute atomic E-state index is 12.4. The zero-order chi connectivity index (χ0) is 17.9. The first-order valence-electron chi connectivity index (χ1n) is 8.37. The third kappa shape index (κ3) is 3.55. The minimum atomic E-state index is -0.0891. The smallest absolute Gasteiger partial charge is 0.317 e. The lowest BCUT2D eigenvalue weighted by Gasteiger charge is -2.34. The highest BCUT2D eigenvalue weighted by molar-refractivity contribution is 6.30. The van der Waals surface area contributed by atoms with E-state index >= 15 is 0 Å². The normalized spacial score (nSPS) is 14.7. The summed E-state index contributed by atoms with van der Waals surface area (Å²) in [6.07, 6.45) is 7.11. The molecule has 0 aliphatic carbocycles. The molecule has 9 heteroatoms. The van der Waals surface area contributed by atoms with Gasteiger partial charge in [-0.25, -0.2) is 19.7 Å². The summed E-state index contributed by atoms with van der Waals surface area (Å²) < 4.78 is 1.85. The summed E-state index contributed by atoms with van der Waals surface area (Å²) in [5.74, 6) is 0.705. The number of hydrogen-bond acceptors (Lipinski definition) is 5. The van der Waals surface area contributed by atoms with Gasteiger partial charge in [0, 0.05) is 51.0 Å². The van der Waals surface area contributed by atoms with Crippen molar-refractivity contribution in [3.05, 3.63) is 53.7 Å². The topological polar surface area (TPSA) is 78.7 Å². The average molecular weight is 372 g/mol. The molecule has 134 valence electrons. The lowest BCUT2D eigenvalue weighted by atomic mass is 10.3. The van der Waals surface area contributed by atoms with Gasteiger partial charge in [0.2, 0.25) is 5.95 Å². The van der Waals surface area contributed by atoms with E-state index in [1.54, 1.807) is 35.6 Å². The summed E-state index contributed by atoms with van der Waals surface area (Å²) in [4.78, 5) is 29.2. The van der Waals surface area contributed by atoms with Crippen molar-refractivity contribution in [1.82, 2.24) is 29.6 Å². The number of imidazole rings is 1. The Balaban J connectivity index is 1.31. The number of nitrogens with zero attached hydrogens (tertiary/aromatic N) is 6. The van der Waals surface area contributed by atoms with Gasteiger partial charge in [0.15, 0.2) is 0 Å². The number of halogens is 1. The van der Waals surface area contributed by atoms with Crippen molar-refractivity contribution in [2.24, 2.45) is 0 Å². The van der Waals surface area contributed by atoms with Crippen LogP contribution in [0.3, 0.4) is 0 Å². The van der Waals surface area contributed by atoms with Crippen LogP contribution in [0.2, 0.25) is 5.02 Å². The van der Waals surface area contributed by atoms with Crippen molar-refractivity contribution < 1.29 is 4.79 Å². The van der Waals surface area contributed by atoms with Gasteiger partial charge in [0.25, 0.3) is 0 Å². The van der Waals surface area contributed by atoms with Crippen LogP contribution in [0, 0.1) is 0 Å². The van der Waals surface area contributed by atoms with Gasteiger partial charge in [-0.05, 0) is 18.2 Å². The summed E-state index contributed by atoms with van der Waals surface area (Å²) in [6.45, 7) is 3.06. The summed E-state index contributed by atoms with van der Waals surface area (Å²) in [7, 11) is 0. The molecule has 0 saturated carbocycles. The molecule has 0 spiro atoms. The first-order chi connectivity index (χ1) is 12.7. The van der Waals surface area contributed by atoms with Crippen LogP contribution in [0.25, 0.3) is 5.65 Å². The Labute approximate surface area is 155 Å². The van der Waals surface area contributed by atoms with Crippen molar-refractivity contribution in [2.75, 3.05) is 31.1 Å². The summed E-state index contributed by atoms with van der Waals surface area (Å²) in [6, 6.07) is 5.34. The molecule has 4 heterocycles. The molecule has 8 nitrogen and oxygen atoms in total. The number of aromatic nitrogens is 4. The second-order valence-electron chi connectivity index (χ2n) is 6.03. The van der Waals surface area contributed by atoms with E-state index in [1.165, 1.54) is 0 Å². The second kappa shape index (κ2) is 7.17.